The number of nitrogens with zero attached hydrogens (tertiary/aromatic N) is 6. The van der Waals surface area contributed by atoms with Crippen LogP contribution in [0.25, 0.3) is 33.1 Å². The van der Waals surface area contributed by atoms with Gasteiger partial charge in [-0.3, -0.25) is 9.97 Å². The van der Waals surface area contributed by atoms with Crippen molar-refractivity contribution in [1.82, 2.24) is 25.2 Å². The van der Waals surface area contributed by atoms with Crippen LogP contribution in [0.3, 0.4) is 0 Å². The summed E-state index contributed by atoms with van der Waals surface area (Å²) < 4.78 is 30.9. The molecule has 5 heterocycles. The summed E-state index contributed by atoms with van der Waals surface area (Å²) >= 11 is 0. The Morgan fingerprint density at radius 3 is 2.56 bits per heavy atom. The van der Waals surface area contributed by atoms with Gasteiger partial charge in [-0.15, -0.1) is 0 Å². The van der Waals surface area contributed by atoms with Gasteiger partial charge in [0.05, 0.1) is 11.2 Å². The summed E-state index contributed by atoms with van der Waals surface area (Å²) in [5, 5.41) is 5.77. The third-order valence-corrected chi connectivity index (χ3v) is 8.18. The van der Waals surface area contributed by atoms with Gasteiger partial charge in [0.15, 0.2) is 11.6 Å². The molecular formula is C28H33F2N9. The first kappa shape index (κ1) is 25.6. The lowest BCUT2D eigenvalue weighted by Gasteiger charge is -2.45. The van der Waals surface area contributed by atoms with Gasteiger partial charge < -0.3 is 25.9 Å². The van der Waals surface area contributed by atoms with Gasteiger partial charge >= 0.3 is 0 Å². The Morgan fingerprint density at radius 2 is 1.82 bits per heavy atom. The number of fused-ring (bicyclic) bond motifs is 2. The molecule has 0 aliphatic carbocycles. The van der Waals surface area contributed by atoms with Gasteiger partial charge in [0.1, 0.15) is 22.7 Å². The van der Waals surface area contributed by atoms with Crippen molar-refractivity contribution in [3.8, 4) is 11.3 Å². The molecule has 1 aromatic carbocycles. The van der Waals surface area contributed by atoms with E-state index in [1.54, 1.807) is 29.5 Å². The van der Waals surface area contributed by atoms with Gasteiger partial charge in [0, 0.05) is 53.9 Å². The van der Waals surface area contributed by atoms with E-state index in [2.05, 4.69) is 39.1 Å². The van der Waals surface area contributed by atoms with Gasteiger partial charge in [0.25, 0.3) is 0 Å². The first-order chi connectivity index (χ1) is 18.9. The van der Waals surface area contributed by atoms with Gasteiger partial charge in [-0.2, -0.15) is 0 Å². The van der Waals surface area contributed by atoms with E-state index in [4.69, 9.17) is 16.6 Å². The lowest BCUT2D eigenvalue weighted by Crippen LogP contribution is -2.59. The number of anilines is 3. The van der Waals surface area contributed by atoms with Gasteiger partial charge in [-0.25, -0.2) is 19.6 Å². The molecule has 2 saturated heterocycles. The molecule has 0 spiro atoms. The first-order valence-electron chi connectivity index (χ1n) is 13.4. The summed E-state index contributed by atoms with van der Waals surface area (Å²) in [5.41, 5.74) is 8.62. The Kier molecular flexibility index (Phi) is 6.66. The Labute approximate surface area is 225 Å². The number of nitrogen functional groups attached to an aromatic ring is 1. The second kappa shape index (κ2) is 10.1. The van der Waals surface area contributed by atoms with Gasteiger partial charge in [-0.1, -0.05) is 6.92 Å². The zero-order valence-corrected chi connectivity index (χ0v) is 22.2. The van der Waals surface area contributed by atoms with Crippen molar-refractivity contribution < 1.29 is 8.78 Å². The number of piperidine rings is 1. The van der Waals surface area contributed by atoms with Crippen LogP contribution in [0.1, 0.15) is 19.8 Å². The van der Waals surface area contributed by atoms with Gasteiger partial charge in [0.2, 0.25) is 0 Å². The number of pyridine rings is 3. The van der Waals surface area contributed by atoms with Crippen LogP contribution < -0.4 is 26.8 Å². The highest BCUT2D eigenvalue weighted by Crippen LogP contribution is 2.42. The van der Waals surface area contributed by atoms with E-state index in [0.29, 0.717) is 45.1 Å². The maximum absolute atomic E-state index is 16.4. The molecule has 204 valence electrons. The molecule has 0 radical (unpaired) electrons. The third-order valence-electron chi connectivity index (χ3n) is 8.18. The Hall–Kier alpha value is -3.67. The highest BCUT2D eigenvalue weighted by Gasteiger charge is 2.34. The van der Waals surface area contributed by atoms with Crippen LogP contribution in [-0.2, 0) is 0 Å². The number of hydrogen-bond acceptors (Lipinski definition) is 9. The van der Waals surface area contributed by atoms with E-state index in [1.165, 1.54) is 12.1 Å². The van der Waals surface area contributed by atoms with Crippen molar-refractivity contribution in [2.24, 2.45) is 5.84 Å². The standard InChI is InChI=1S/C28H33F2N9/c1-3-37(2)17-14-38(15-17)28-23(31)27(39(32)16-8-11-33-12-9-16)20-13-35-25(22(30)26(20)36-28)19-6-7-21(29)18-5-4-10-34-24(18)19/h4-7,10,13,16-17,33H,3,8-9,11-12,14-15,31-32H2,1-2H3. The Balaban J connectivity index is 1.53. The third kappa shape index (κ3) is 4.30. The average molecular weight is 534 g/mol. The molecule has 9 nitrogen and oxygen atoms in total. The van der Waals surface area contributed by atoms with Crippen molar-refractivity contribution in [2.75, 3.05) is 55.4 Å². The molecule has 2 fully saturated rings. The molecule has 0 amide bonds. The molecule has 39 heavy (non-hydrogen) atoms. The number of rotatable bonds is 6. The number of halogens is 2. The molecule has 2 aliphatic heterocycles. The van der Waals surface area contributed by atoms with Crippen LogP contribution in [0.5, 0.6) is 0 Å². The second-order valence-corrected chi connectivity index (χ2v) is 10.4. The molecular weight excluding hydrogens is 500 g/mol. The van der Waals surface area contributed by atoms with E-state index in [9.17, 15) is 4.39 Å². The summed E-state index contributed by atoms with van der Waals surface area (Å²) in [5.74, 6) is 6.19. The molecule has 3 aromatic heterocycles. The topological polar surface area (TPSA) is 112 Å². The minimum atomic E-state index is -0.616. The number of nitrogens with one attached hydrogen (secondary N) is 1. The van der Waals surface area contributed by atoms with E-state index in [0.717, 1.165) is 45.6 Å². The fraction of sp³-hybridized carbons (Fsp3) is 0.393. The molecule has 0 unspecified atom stereocenters. The van der Waals surface area contributed by atoms with Crippen LogP contribution in [0.2, 0.25) is 0 Å². The lowest BCUT2D eigenvalue weighted by atomic mass is 10.0. The SMILES string of the molecule is CCN(C)C1CN(c2nc3c(F)c(-c4ccc(F)c5cccnc45)ncc3c(N(N)C3CCNCC3)c2N)C1. The summed E-state index contributed by atoms with van der Waals surface area (Å²) in [6.07, 6.45) is 4.80. The molecule has 6 rings (SSSR count). The number of hydrazine groups is 1. The van der Waals surface area contributed by atoms with Gasteiger partial charge in [-0.05, 0) is 63.8 Å². The predicted octanol–water partition coefficient (Wildman–Crippen LogP) is 3.28. The monoisotopic (exact) mass is 533 g/mol. The molecule has 0 atom stereocenters. The lowest BCUT2D eigenvalue weighted by molar-refractivity contribution is 0.214. The van der Waals surface area contributed by atoms with Crippen LogP contribution in [0, 0.1) is 11.6 Å². The fourth-order valence-electron chi connectivity index (χ4n) is 5.65. The number of aromatic nitrogens is 3. The van der Waals surface area contributed by atoms with E-state index in [-0.39, 0.29) is 17.3 Å². The average Bonchev–Trinajstić information content (AvgIpc) is 2.94. The highest BCUT2D eigenvalue weighted by atomic mass is 19.1. The number of likely N-dealkylation sites (N-methyl/N-ethyl adjacent to an activating group) is 1. The molecule has 2 aliphatic rings. The van der Waals surface area contributed by atoms with Crippen molar-refractivity contribution in [1.29, 1.82) is 0 Å². The molecule has 4 aromatic rings. The zero-order chi connectivity index (χ0) is 27.3. The van der Waals surface area contributed by atoms with E-state index < -0.39 is 11.6 Å². The Morgan fingerprint density at radius 1 is 1.05 bits per heavy atom. The van der Waals surface area contributed by atoms with Crippen LogP contribution in [0.15, 0.2) is 36.7 Å². The van der Waals surface area contributed by atoms with E-state index in [1.807, 2.05) is 0 Å². The number of benzene rings is 1. The molecule has 0 saturated carbocycles. The quantitative estimate of drug-likeness (QED) is 0.254. The largest absolute Gasteiger partial charge is 0.394 e. The van der Waals surface area contributed by atoms with Crippen molar-refractivity contribution in [3.63, 3.8) is 0 Å². The zero-order valence-electron chi connectivity index (χ0n) is 22.2. The second-order valence-electron chi connectivity index (χ2n) is 10.4. The van der Waals surface area contributed by atoms with Crippen molar-refractivity contribution >= 4 is 39.0 Å². The minimum Gasteiger partial charge on any atom is -0.394 e. The molecule has 5 N–H and O–H groups in total. The van der Waals surface area contributed by atoms with Crippen molar-refractivity contribution in [3.05, 3.63) is 48.3 Å². The smallest absolute Gasteiger partial charge is 0.175 e. The highest BCUT2D eigenvalue weighted by molar-refractivity contribution is 6.04. The Bertz CT molecular complexity index is 1530. The minimum absolute atomic E-state index is 0.0374. The maximum atomic E-state index is 16.4. The van der Waals surface area contributed by atoms with Crippen LogP contribution >= 0.6 is 0 Å². The van der Waals surface area contributed by atoms with Crippen LogP contribution in [0.4, 0.5) is 26.0 Å². The predicted molar refractivity (Wildman–Crippen MR) is 151 cm³/mol. The molecule has 0 bridgehead atoms. The fourth-order valence-corrected chi connectivity index (χ4v) is 5.65. The van der Waals surface area contributed by atoms with Crippen molar-refractivity contribution in [2.45, 2.75) is 31.8 Å². The summed E-state index contributed by atoms with van der Waals surface area (Å²) in [6, 6.07) is 6.48. The van der Waals surface area contributed by atoms with Crippen LogP contribution in [-0.4, -0.2) is 71.7 Å². The normalized spacial score (nSPS) is 16.8. The molecule has 11 heteroatoms. The summed E-state index contributed by atoms with van der Waals surface area (Å²) in [4.78, 5) is 17.9. The number of hydrogen-bond donors (Lipinski definition) is 3. The summed E-state index contributed by atoms with van der Waals surface area (Å²) in [7, 11) is 2.09. The van der Waals surface area contributed by atoms with E-state index >= 15 is 4.39 Å². The summed E-state index contributed by atoms with van der Waals surface area (Å²) in [6.45, 7) is 6.19. The maximum Gasteiger partial charge on any atom is 0.175 e. The number of nitrogens with two attached hydrogens (primary N) is 2. The first-order valence-corrected chi connectivity index (χ1v) is 13.4.